The van der Waals surface area contributed by atoms with Crippen molar-refractivity contribution in [3.8, 4) is 0 Å². The van der Waals surface area contributed by atoms with Crippen molar-refractivity contribution < 1.29 is 33.4 Å². The number of rotatable bonds is 9. The van der Waals surface area contributed by atoms with Crippen LogP contribution < -0.4 is 5.32 Å². The Bertz CT molecular complexity index is 917. The molecule has 172 valence electrons. The van der Waals surface area contributed by atoms with Gasteiger partial charge < -0.3 is 19.5 Å². The van der Waals surface area contributed by atoms with E-state index in [1.807, 2.05) is 19.1 Å². The fourth-order valence-corrected chi connectivity index (χ4v) is 3.42. The van der Waals surface area contributed by atoms with Gasteiger partial charge in [-0.3, -0.25) is 9.59 Å². The minimum absolute atomic E-state index is 0.0507. The molecule has 0 saturated carbocycles. The molecule has 0 aliphatic carbocycles. The minimum Gasteiger partial charge on any atom is -0.463 e. The summed E-state index contributed by atoms with van der Waals surface area (Å²) in [5.74, 6) is -4.18. The van der Waals surface area contributed by atoms with Crippen molar-refractivity contribution in [2.45, 2.75) is 41.0 Å². The number of ketones is 1. The molecule has 1 N–H and O–H groups in total. The predicted octanol–water partition coefficient (Wildman–Crippen LogP) is 2.87. The van der Waals surface area contributed by atoms with E-state index in [9.17, 15) is 19.2 Å². The molecular weight excluding hydrogens is 414 g/mol. The van der Waals surface area contributed by atoms with Gasteiger partial charge in [0.05, 0.1) is 24.4 Å². The van der Waals surface area contributed by atoms with Crippen molar-refractivity contribution in [1.82, 2.24) is 5.32 Å². The molecule has 1 aromatic carbocycles. The van der Waals surface area contributed by atoms with Crippen molar-refractivity contribution in [3.05, 3.63) is 57.9 Å². The molecule has 0 spiro atoms. The summed E-state index contributed by atoms with van der Waals surface area (Å²) < 4.78 is 15.4. The van der Waals surface area contributed by atoms with Gasteiger partial charge in [0.25, 0.3) is 0 Å². The fraction of sp³-hybridized carbons (Fsp3) is 0.417. The SMILES string of the molecule is CCOC(=O)C1=C(C)NC(C)=C(C(=O)OCC)C1C(=O)OCC(=O)c1ccc(CC)cc1. The Labute approximate surface area is 187 Å². The number of benzene rings is 1. The highest BCUT2D eigenvalue weighted by molar-refractivity contribution is 6.06. The Balaban J connectivity index is 2.31. The second kappa shape index (κ2) is 11.3. The van der Waals surface area contributed by atoms with Gasteiger partial charge in [-0.1, -0.05) is 31.2 Å². The maximum Gasteiger partial charge on any atom is 0.337 e. The molecule has 2 rings (SSSR count). The second-order valence-electron chi connectivity index (χ2n) is 7.16. The Morgan fingerprint density at radius 3 is 1.75 bits per heavy atom. The number of dihydropyridines is 1. The summed E-state index contributed by atoms with van der Waals surface area (Å²) in [7, 11) is 0. The van der Waals surface area contributed by atoms with Crippen LogP contribution >= 0.6 is 0 Å². The van der Waals surface area contributed by atoms with Crippen LogP contribution in [0.1, 0.15) is 50.5 Å². The van der Waals surface area contributed by atoms with Gasteiger partial charge in [0.1, 0.15) is 5.92 Å². The number of allylic oxidation sites excluding steroid dienone is 2. The topological polar surface area (TPSA) is 108 Å². The van der Waals surface area contributed by atoms with E-state index in [2.05, 4.69) is 5.32 Å². The molecule has 8 nitrogen and oxygen atoms in total. The molecule has 0 amide bonds. The van der Waals surface area contributed by atoms with Crippen LogP contribution in [0.5, 0.6) is 0 Å². The largest absolute Gasteiger partial charge is 0.463 e. The smallest absolute Gasteiger partial charge is 0.337 e. The van der Waals surface area contributed by atoms with Crippen LogP contribution in [-0.4, -0.2) is 43.5 Å². The van der Waals surface area contributed by atoms with Gasteiger partial charge in [0.15, 0.2) is 12.4 Å². The van der Waals surface area contributed by atoms with Crippen LogP contribution in [0, 0.1) is 5.92 Å². The quantitative estimate of drug-likeness (QED) is 0.353. The first kappa shape index (κ1) is 24.8. The van der Waals surface area contributed by atoms with E-state index in [1.54, 1.807) is 39.8 Å². The maximum atomic E-state index is 13.1. The number of esters is 3. The standard InChI is InChI=1S/C24H29NO7/c1-6-16-9-11-17(12-10-16)18(26)13-32-24(29)21-19(22(27)30-7-2)14(4)25-15(5)20(21)23(28)31-8-3/h9-12,21,25H,6-8,13H2,1-5H3. The molecule has 8 heteroatoms. The van der Waals surface area contributed by atoms with Crippen molar-refractivity contribution in [2.24, 2.45) is 5.92 Å². The second-order valence-corrected chi connectivity index (χ2v) is 7.16. The first-order chi connectivity index (χ1) is 15.2. The number of Topliss-reactive ketones (excluding diaryl/α,β-unsaturated/α-hetero) is 1. The fourth-order valence-electron chi connectivity index (χ4n) is 3.42. The van der Waals surface area contributed by atoms with Gasteiger partial charge in [0, 0.05) is 17.0 Å². The van der Waals surface area contributed by atoms with Crippen molar-refractivity contribution >= 4 is 23.7 Å². The minimum atomic E-state index is -1.37. The predicted molar refractivity (Wildman–Crippen MR) is 116 cm³/mol. The number of aryl methyl sites for hydroxylation is 1. The highest BCUT2D eigenvalue weighted by atomic mass is 16.5. The van der Waals surface area contributed by atoms with Crippen LogP contribution in [0.25, 0.3) is 0 Å². The van der Waals surface area contributed by atoms with E-state index in [0.29, 0.717) is 17.0 Å². The molecule has 0 fully saturated rings. The van der Waals surface area contributed by atoms with E-state index in [4.69, 9.17) is 14.2 Å². The summed E-state index contributed by atoms with van der Waals surface area (Å²) >= 11 is 0. The molecular formula is C24H29NO7. The number of ether oxygens (including phenoxy) is 3. The van der Waals surface area contributed by atoms with Gasteiger partial charge in [0.2, 0.25) is 0 Å². The van der Waals surface area contributed by atoms with Gasteiger partial charge in [-0.05, 0) is 39.7 Å². The van der Waals surface area contributed by atoms with Gasteiger partial charge in [-0.15, -0.1) is 0 Å². The summed E-state index contributed by atoms with van der Waals surface area (Å²) in [5.41, 5.74) is 2.09. The van der Waals surface area contributed by atoms with E-state index in [-0.39, 0.29) is 24.4 Å². The van der Waals surface area contributed by atoms with E-state index >= 15 is 0 Å². The Morgan fingerprint density at radius 2 is 1.31 bits per heavy atom. The maximum absolute atomic E-state index is 13.1. The molecule has 32 heavy (non-hydrogen) atoms. The number of carbonyl (C=O) groups is 4. The van der Waals surface area contributed by atoms with Crippen molar-refractivity contribution in [1.29, 1.82) is 0 Å². The zero-order chi connectivity index (χ0) is 23.8. The third-order valence-electron chi connectivity index (χ3n) is 5.02. The van der Waals surface area contributed by atoms with Crippen LogP contribution in [-0.2, 0) is 35.0 Å². The van der Waals surface area contributed by atoms with Crippen LogP contribution in [0.2, 0.25) is 0 Å². The Morgan fingerprint density at radius 1 is 0.812 bits per heavy atom. The average molecular weight is 443 g/mol. The van der Waals surface area contributed by atoms with Gasteiger partial charge >= 0.3 is 17.9 Å². The van der Waals surface area contributed by atoms with Crippen LogP contribution in [0.4, 0.5) is 0 Å². The molecule has 1 aromatic rings. The lowest BCUT2D eigenvalue weighted by Crippen LogP contribution is -2.38. The number of hydrogen-bond donors (Lipinski definition) is 1. The highest BCUT2D eigenvalue weighted by Gasteiger charge is 2.42. The summed E-state index contributed by atoms with van der Waals surface area (Å²) in [4.78, 5) is 50.8. The van der Waals surface area contributed by atoms with E-state index in [0.717, 1.165) is 12.0 Å². The Hall–Kier alpha value is -3.42. The molecule has 0 unspecified atom stereocenters. The molecule has 0 aromatic heterocycles. The molecule has 1 aliphatic rings. The highest BCUT2D eigenvalue weighted by Crippen LogP contribution is 2.32. The van der Waals surface area contributed by atoms with E-state index in [1.165, 1.54) is 0 Å². The summed E-state index contributed by atoms with van der Waals surface area (Å²) in [5, 5.41) is 2.93. The summed E-state index contributed by atoms with van der Waals surface area (Å²) in [6, 6.07) is 7.00. The van der Waals surface area contributed by atoms with Crippen LogP contribution in [0.15, 0.2) is 46.8 Å². The molecule has 1 heterocycles. The zero-order valence-electron chi connectivity index (χ0n) is 19.1. The first-order valence-electron chi connectivity index (χ1n) is 10.6. The normalized spacial score (nSPS) is 14.0. The third-order valence-corrected chi connectivity index (χ3v) is 5.02. The van der Waals surface area contributed by atoms with Crippen LogP contribution in [0.3, 0.4) is 0 Å². The number of nitrogens with one attached hydrogen (secondary N) is 1. The summed E-state index contributed by atoms with van der Waals surface area (Å²) in [6.45, 7) is 8.10. The third kappa shape index (κ3) is 5.63. The number of carbonyl (C=O) groups excluding carboxylic acids is 4. The molecule has 0 radical (unpaired) electrons. The lowest BCUT2D eigenvalue weighted by molar-refractivity contribution is -0.151. The molecule has 0 saturated heterocycles. The van der Waals surface area contributed by atoms with Crippen molar-refractivity contribution in [3.63, 3.8) is 0 Å². The van der Waals surface area contributed by atoms with E-state index < -0.39 is 36.2 Å². The lowest BCUT2D eigenvalue weighted by Gasteiger charge is -2.28. The van der Waals surface area contributed by atoms with Gasteiger partial charge in [-0.25, -0.2) is 9.59 Å². The van der Waals surface area contributed by atoms with Gasteiger partial charge in [-0.2, -0.15) is 0 Å². The first-order valence-corrected chi connectivity index (χ1v) is 10.6. The average Bonchev–Trinajstić information content (AvgIpc) is 2.76. The molecule has 0 atom stereocenters. The van der Waals surface area contributed by atoms with Crippen molar-refractivity contribution in [2.75, 3.05) is 19.8 Å². The summed E-state index contributed by atoms with van der Waals surface area (Å²) in [6.07, 6.45) is 0.837. The Kier molecular flexibility index (Phi) is 8.75. The lowest BCUT2D eigenvalue weighted by atomic mass is 9.85. The monoisotopic (exact) mass is 443 g/mol. The molecule has 0 bridgehead atoms. The molecule has 1 aliphatic heterocycles. The number of hydrogen-bond acceptors (Lipinski definition) is 8. The zero-order valence-corrected chi connectivity index (χ0v) is 19.1.